The van der Waals surface area contributed by atoms with Crippen molar-refractivity contribution in [2.45, 2.75) is 39.2 Å². The minimum absolute atomic E-state index is 0.0421. The van der Waals surface area contributed by atoms with Crippen LogP contribution in [0.3, 0.4) is 0 Å². The fourth-order valence-corrected chi connectivity index (χ4v) is 3.93. The highest BCUT2D eigenvalue weighted by Crippen LogP contribution is 2.37. The van der Waals surface area contributed by atoms with Crippen LogP contribution in [0.25, 0.3) is 22.2 Å². The maximum absolute atomic E-state index is 11.7. The molecule has 158 valence electrons. The first kappa shape index (κ1) is 20.7. The van der Waals surface area contributed by atoms with Gasteiger partial charge in [-0.1, -0.05) is 61.9 Å². The zero-order valence-corrected chi connectivity index (χ0v) is 17.7. The lowest BCUT2D eigenvalue weighted by Gasteiger charge is -2.12. The van der Waals surface area contributed by atoms with Crippen LogP contribution in [0.15, 0.2) is 72.8 Å². The summed E-state index contributed by atoms with van der Waals surface area (Å²) in [4.78, 5) is 15.2. The number of rotatable bonds is 9. The molecule has 0 aliphatic rings. The van der Waals surface area contributed by atoms with E-state index in [9.17, 15) is 9.90 Å². The van der Waals surface area contributed by atoms with Crippen molar-refractivity contribution in [2.24, 2.45) is 0 Å². The van der Waals surface area contributed by atoms with E-state index in [-0.39, 0.29) is 6.42 Å². The van der Waals surface area contributed by atoms with E-state index in [1.54, 1.807) is 0 Å². The Labute approximate surface area is 182 Å². The monoisotopic (exact) mass is 413 g/mol. The zero-order chi connectivity index (χ0) is 21.6. The van der Waals surface area contributed by atoms with Crippen molar-refractivity contribution in [3.05, 3.63) is 89.5 Å². The second-order valence-electron chi connectivity index (χ2n) is 7.80. The molecule has 0 aliphatic carbocycles. The van der Waals surface area contributed by atoms with Gasteiger partial charge in [-0.05, 0) is 53.8 Å². The van der Waals surface area contributed by atoms with E-state index in [4.69, 9.17) is 4.74 Å². The molecule has 3 aromatic carbocycles. The molecule has 0 saturated heterocycles. The second-order valence-corrected chi connectivity index (χ2v) is 7.80. The van der Waals surface area contributed by atoms with Crippen LogP contribution in [-0.4, -0.2) is 16.1 Å². The third kappa shape index (κ3) is 4.80. The molecule has 0 spiro atoms. The van der Waals surface area contributed by atoms with Gasteiger partial charge in [0, 0.05) is 16.5 Å². The van der Waals surface area contributed by atoms with E-state index in [1.807, 2.05) is 54.6 Å². The number of H-pyrrole nitrogens is 1. The lowest BCUT2D eigenvalue weighted by molar-refractivity contribution is -0.136. The summed E-state index contributed by atoms with van der Waals surface area (Å²) in [5.74, 6) is -0.112. The number of aliphatic carboxylic acids is 1. The van der Waals surface area contributed by atoms with E-state index in [1.165, 1.54) is 5.56 Å². The van der Waals surface area contributed by atoms with E-state index in [0.717, 1.165) is 58.3 Å². The largest absolute Gasteiger partial charge is 0.488 e. The molecule has 0 saturated carbocycles. The Balaban J connectivity index is 1.75. The van der Waals surface area contributed by atoms with Gasteiger partial charge >= 0.3 is 5.97 Å². The van der Waals surface area contributed by atoms with Crippen molar-refractivity contribution in [2.75, 3.05) is 0 Å². The topological polar surface area (TPSA) is 62.3 Å². The lowest BCUT2D eigenvalue weighted by atomic mass is 9.99. The van der Waals surface area contributed by atoms with Crippen LogP contribution < -0.4 is 4.74 Å². The second kappa shape index (κ2) is 9.52. The number of carbonyl (C=O) groups is 1. The van der Waals surface area contributed by atoms with Gasteiger partial charge in [0.25, 0.3) is 0 Å². The summed E-state index contributed by atoms with van der Waals surface area (Å²) in [6, 6.07) is 24.1. The van der Waals surface area contributed by atoms with Gasteiger partial charge < -0.3 is 14.8 Å². The molecule has 0 radical (unpaired) electrons. The fraction of sp³-hybridized carbons (Fsp3) is 0.222. The number of aryl methyl sites for hydroxylation is 1. The minimum Gasteiger partial charge on any atom is -0.488 e. The molecule has 4 nitrogen and oxygen atoms in total. The number of aromatic nitrogens is 1. The van der Waals surface area contributed by atoms with Gasteiger partial charge in [-0.2, -0.15) is 0 Å². The number of fused-ring (bicyclic) bond motifs is 1. The maximum Gasteiger partial charge on any atom is 0.307 e. The molecule has 0 amide bonds. The number of benzene rings is 3. The summed E-state index contributed by atoms with van der Waals surface area (Å²) in [6.07, 6.45) is 3.20. The third-order valence-electron chi connectivity index (χ3n) is 5.51. The number of aromatic amines is 1. The van der Waals surface area contributed by atoms with Crippen LogP contribution in [0.4, 0.5) is 0 Å². The Kier molecular flexibility index (Phi) is 6.37. The molecule has 0 bridgehead atoms. The minimum atomic E-state index is -0.844. The number of ether oxygens (including phenoxy) is 1. The van der Waals surface area contributed by atoms with Crippen LogP contribution in [0, 0.1) is 0 Å². The molecule has 31 heavy (non-hydrogen) atoms. The molecular formula is C27H27NO3. The molecule has 0 aliphatic heterocycles. The van der Waals surface area contributed by atoms with Gasteiger partial charge in [-0.3, -0.25) is 4.79 Å². The van der Waals surface area contributed by atoms with Crippen molar-refractivity contribution in [3.63, 3.8) is 0 Å². The first-order chi connectivity index (χ1) is 15.2. The van der Waals surface area contributed by atoms with Gasteiger partial charge in [0.05, 0.1) is 12.1 Å². The van der Waals surface area contributed by atoms with Crippen LogP contribution in [-0.2, 0) is 24.2 Å². The number of carboxylic acid groups (broad SMARTS) is 1. The Bertz CT molecular complexity index is 1180. The van der Waals surface area contributed by atoms with Gasteiger partial charge in [0.2, 0.25) is 0 Å². The van der Waals surface area contributed by atoms with Gasteiger partial charge in [-0.15, -0.1) is 0 Å². The van der Waals surface area contributed by atoms with E-state index in [2.05, 4.69) is 30.1 Å². The first-order valence-corrected chi connectivity index (χ1v) is 10.8. The number of hydrogen-bond donors (Lipinski definition) is 2. The Hall–Kier alpha value is -3.53. The molecule has 0 unspecified atom stereocenters. The highest BCUT2D eigenvalue weighted by atomic mass is 16.5. The number of hydrogen-bond acceptors (Lipinski definition) is 2. The molecule has 4 heteroatoms. The fourth-order valence-electron chi connectivity index (χ4n) is 3.93. The highest BCUT2D eigenvalue weighted by molar-refractivity contribution is 5.95. The lowest BCUT2D eigenvalue weighted by Crippen LogP contribution is -2.02. The molecule has 4 rings (SSSR count). The van der Waals surface area contributed by atoms with Crippen molar-refractivity contribution in [1.82, 2.24) is 4.98 Å². The third-order valence-corrected chi connectivity index (χ3v) is 5.51. The Morgan fingerprint density at radius 3 is 2.52 bits per heavy atom. The number of unbranched alkanes of at least 4 members (excludes halogenated alkanes) is 1. The standard InChI is InChI=1S/C27H27NO3/c1-2-3-9-19-14-15-24-22(16-19)23(17-26(29)30)27(28-24)21-12-7-8-13-25(21)31-18-20-10-5-4-6-11-20/h4-8,10-16,28H,2-3,9,17-18H2,1H3,(H,29,30). The van der Waals surface area contributed by atoms with Gasteiger partial charge in [-0.25, -0.2) is 0 Å². The summed E-state index contributed by atoms with van der Waals surface area (Å²) in [7, 11) is 0. The Morgan fingerprint density at radius 2 is 1.74 bits per heavy atom. The molecular weight excluding hydrogens is 386 g/mol. The SMILES string of the molecule is CCCCc1ccc2[nH]c(-c3ccccc3OCc3ccccc3)c(CC(=O)O)c2c1. The van der Waals surface area contributed by atoms with E-state index < -0.39 is 5.97 Å². The number of para-hydroxylation sites is 1. The van der Waals surface area contributed by atoms with E-state index in [0.29, 0.717) is 6.61 Å². The highest BCUT2D eigenvalue weighted by Gasteiger charge is 2.19. The molecule has 1 heterocycles. The van der Waals surface area contributed by atoms with E-state index >= 15 is 0 Å². The first-order valence-electron chi connectivity index (χ1n) is 10.8. The number of carboxylic acids is 1. The van der Waals surface area contributed by atoms with Crippen molar-refractivity contribution >= 4 is 16.9 Å². The molecule has 2 N–H and O–H groups in total. The van der Waals surface area contributed by atoms with Gasteiger partial charge in [0.15, 0.2) is 0 Å². The number of nitrogens with one attached hydrogen (secondary N) is 1. The maximum atomic E-state index is 11.7. The van der Waals surface area contributed by atoms with Crippen LogP contribution in [0.2, 0.25) is 0 Å². The van der Waals surface area contributed by atoms with Crippen molar-refractivity contribution in [3.8, 4) is 17.0 Å². The summed E-state index contributed by atoms with van der Waals surface area (Å²) < 4.78 is 6.14. The smallest absolute Gasteiger partial charge is 0.307 e. The molecule has 0 atom stereocenters. The molecule has 0 fully saturated rings. The quantitative estimate of drug-likeness (QED) is 0.334. The predicted molar refractivity (Wildman–Crippen MR) is 124 cm³/mol. The summed E-state index contributed by atoms with van der Waals surface area (Å²) >= 11 is 0. The summed E-state index contributed by atoms with van der Waals surface area (Å²) in [6.45, 7) is 2.63. The van der Waals surface area contributed by atoms with Gasteiger partial charge in [0.1, 0.15) is 12.4 Å². The van der Waals surface area contributed by atoms with Crippen LogP contribution in [0.1, 0.15) is 36.5 Å². The van der Waals surface area contributed by atoms with Crippen LogP contribution >= 0.6 is 0 Å². The zero-order valence-electron chi connectivity index (χ0n) is 17.7. The molecule has 1 aromatic heterocycles. The normalized spacial score (nSPS) is 11.0. The summed E-state index contributed by atoms with van der Waals surface area (Å²) in [5.41, 5.74) is 5.76. The molecule has 4 aromatic rings. The Morgan fingerprint density at radius 1 is 0.968 bits per heavy atom. The summed E-state index contributed by atoms with van der Waals surface area (Å²) in [5, 5.41) is 10.6. The predicted octanol–water partition coefficient (Wildman–Crippen LogP) is 6.38. The van der Waals surface area contributed by atoms with Crippen LogP contribution in [0.5, 0.6) is 5.75 Å². The van der Waals surface area contributed by atoms with Crippen molar-refractivity contribution in [1.29, 1.82) is 0 Å². The average Bonchev–Trinajstić information content (AvgIpc) is 3.14. The van der Waals surface area contributed by atoms with Crippen molar-refractivity contribution < 1.29 is 14.6 Å². The average molecular weight is 414 g/mol.